The number of carbonyl (C=O) groups excluding carboxylic acids is 2. The maximum absolute atomic E-state index is 10.6. The lowest BCUT2D eigenvalue weighted by molar-refractivity contribution is -0.123. The summed E-state index contributed by atoms with van der Waals surface area (Å²) in [6.45, 7) is 1.42. The fourth-order valence-electron chi connectivity index (χ4n) is 0.421. The lowest BCUT2D eigenvalue weighted by Gasteiger charge is -2.03. The lowest BCUT2D eigenvalue weighted by atomic mass is 10.2. The fourth-order valence-corrected chi connectivity index (χ4v) is 0.587. The Morgan fingerprint density at radius 3 is 2.40 bits per heavy atom. The Balaban J connectivity index is 3.68. The van der Waals surface area contributed by atoms with E-state index in [1.165, 1.54) is 14.0 Å². The van der Waals surface area contributed by atoms with Crippen molar-refractivity contribution < 1.29 is 9.59 Å². The average molecular weight is 161 g/mol. The number of Topliss-reactive ketones (excluding diaryl/α,β-unsaturated/α-hetero) is 1. The largest absolute Gasteiger partial charge is 0.359 e. The zero-order valence-electron chi connectivity index (χ0n) is 6.05. The maximum atomic E-state index is 10.6. The van der Waals surface area contributed by atoms with E-state index >= 15 is 0 Å². The van der Waals surface area contributed by atoms with E-state index in [0.29, 0.717) is 0 Å². The van der Waals surface area contributed by atoms with Crippen molar-refractivity contribution in [3.05, 3.63) is 0 Å². The normalized spacial score (nSPS) is 12.3. The molecule has 0 fully saturated rings. The predicted molar refractivity (Wildman–Crippen MR) is 42.1 cm³/mol. The summed E-state index contributed by atoms with van der Waals surface area (Å²) in [6.07, 6.45) is 0.162. The van der Waals surface area contributed by atoms with Crippen LogP contribution in [0.4, 0.5) is 0 Å². The molecule has 58 valence electrons. The molecule has 0 saturated heterocycles. The third-order valence-corrected chi connectivity index (χ3v) is 1.67. The second kappa shape index (κ2) is 4.33. The second-order valence-corrected chi connectivity index (χ2v) is 2.63. The quantitative estimate of drug-likeness (QED) is 0.573. The van der Waals surface area contributed by atoms with Crippen molar-refractivity contribution in [1.82, 2.24) is 5.32 Å². The van der Waals surface area contributed by atoms with Crippen molar-refractivity contribution in [3.8, 4) is 0 Å². The van der Waals surface area contributed by atoms with Crippen molar-refractivity contribution >= 4 is 24.3 Å². The number of rotatable bonds is 3. The van der Waals surface area contributed by atoms with Crippen LogP contribution in [0.1, 0.15) is 13.3 Å². The molecule has 0 aliphatic rings. The second-order valence-electron chi connectivity index (χ2n) is 2.00. The average Bonchev–Trinajstić information content (AvgIpc) is 1.87. The molecule has 10 heavy (non-hydrogen) atoms. The highest BCUT2D eigenvalue weighted by Crippen LogP contribution is 2.01. The van der Waals surface area contributed by atoms with Crippen LogP contribution in [-0.4, -0.2) is 24.0 Å². The van der Waals surface area contributed by atoms with Gasteiger partial charge in [-0.25, -0.2) is 0 Å². The Morgan fingerprint density at radius 1 is 1.60 bits per heavy atom. The van der Waals surface area contributed by atoms with Gasteiger partial charge < -0.3 is 5.32 Å². The fraction of sp³-hybridized carbons (Fsp3) is 0.667. The highest BCUT2D eigenvalue weighted by molar-refractivity contribution is 7.81. The summed E-state index contributed by atoms with van der Waals surface area (Å²) in [5.41, 5.74) is 0. The Labute approximate surface area is 65.6 Å². The minimum absolute atomic E-state index is 0.0769. The van der Waals surface area contributed by atoms with Crippen LogP contribution in [0.15, 0.2) is 0 Å². The highest BCUT2D eigenvalue weighted by atomic mass is 32.1. The number of nitrogens with one attached hydrogen (secondary N) is 1. The highest BCUT2D eigenvalue weighted by Gasteiger charge is 2.11. The van der Waals surface area contributed by atoms with Crippen LogP contribution < -0.4 is 5.32 Å². The van der Waals surface area contributed by atoms with Gasteiger partial charge in [-0.05, 0) is 6.92 Å². The monoisotopic (exact) mass is 161 g/mol. The Hall–Kier alpha value is -0.510. The van der Waals surface area contributed by atoms with Gasteiger partial charge >= 0.3 is 0 Å². The molecule has 0 aromatic carbocycles. The molecular formula is C6H11NO2S. The molecular weight excluding hydrogens is 150 g/mol. The third-order valence-electron chi connectivity index (χ3n) is 1.13. The van der Waals surface area contributed by atoms with Gasteiger partial charge in [0.05, 0.1) is 5.25 Å². The van der Waals surface area contributed by atoms with E-state index in [2.05, 4.69) is 17.9 Å². The molecule has 0 aliphatic carbocycles. The molecule has 0 aromatic rings. The predicted octanol–water partition coefficient (Wildman–Crippen LogP) is 0.00990. The first-order valence-electron chi connectivity index (χ1n) is 2.97. The van der Waals surface area contributed by atoms with Crippen LogP contribution in [0.3, 0.4) is 0 Å². The van der Waals surface area contributed by atoms with Crippen LogP contribution >= 0.6 is 12.6 Å². The maximum Gasteiger partial charge on any atom is 0.221 e. The summed E-state index contributed by atoms with van der Waals surface area (Å²) >= 11 is 3.91. The van der Waals surface area contributed by atoms with Crippen LogP contribution in [-0.2, 0) is 9.59 Å². The van der Waals surface area contributed by atoms with Gasteiger partial charge in [0, 0.05) is 13.5 Å². The SMILES string of the molecule is CNC(=O)CC(S)C(C)=O. The minimum Gasteiger partial charge on any atom is -0.359 e. The summed E-state index contributed by atoms with van der Waals surface area (Å²) in [4.78, 5) is 21.2. The molecule has 3 nitrogen and oxygen atoms in total. The summed E-state index contributed by atoms with van der Waals surface area (Å²) < 4.78 is 0. The summed E-state index contributed by atoms with van der Waals surface area (Å²) in [5, 5.41) is 1.95. The van der Waals surface area contributed by atoms with Crippen molar-refractivity contribution in [2.45, 2.75) is 18.6 Å². The molecule has 0 rings (SSSR count). The molecule has 0 radical (unpaired) electrons. The molecule has 1 atom stereocenters. The topological polar surface area (TPSA) is 46.2 Å². The molecule has 1 unspecified atom stereocenters. The van der Waals surface area contributed by atoms with Gasteiger partial charge in [-0.15, -0.1) is 0 Å². The van der Waals surface area contributed by atoms with E-state index in [1.807, 2.05) is 0 Å². The number of hydrogen-bond donors (Lipinski definition) is 2. The van der Waals surface area contributed by atoms with E-state index in [1.54, 1.807) is 0 Å². The molecule has 0 aliphatic heterocycles. The first-order chi connectivity index (χ1) is 4.57. The van der Waals surface area contributed by atoms with Crippen LogP contribution in [0.5, 0.6) is 0 Å². The van der Waals surface area contributed by atoms with Crippen molar-refractivity contribution in [2.75, 3.05) is 7.05 Å². The van der Waals surface area contributed by atoms with Gasteiger partial charge in [0.2, 0.25) is 5.91 Å². The molecule has 1 N–H and O–H groups in total. The third kappa shape index (κ3) is 3.50. The molecule has 0 aromatic heterocycles. The molecule has 4 heteroatoms. The Kier molecular flexibility index (Phi) is 4.11. The van der Waals surface area contributed by atoms with E-state index in [0.717, 1.165) is 0 Å². The van der Waals surface area contributed by atoms with Gasteiger partial charge in [-0.1, -0.05) is 0 Å². The van der Waals surface area contributed by atoms with Crippen molar-refractivity contribution in [2.24, 2.45) is 0 Å². The first kappa shape index (κ1) is 9.49. The Bertz CT molecular complexity index is 147. The van der Waals surface area contributed by atoms with Gasteiger partial charge in [0.15, 0.2) is 0 Å². The van der Waals surface area contributed by atoms with Gasteiger partial charge in [0.1, 0.15) is 5.78 Å². The Morgan fingerprint density at radius 2 is 2.10 bits per heavy atom. The summed E-state index contributed by atoms with van der Waals surface area (Å²) in [7, 11) is 1.53. The molecule has 0 heterocycles. The van der Waals surface area contributed by atoms with Crippen LogP contribution in [0, 0.1) is 0 Å². The van der Waals surface area contributed by atoms with E-state index in [4.69, 9.17) is 0 Å². The molecule has 0 saturated carbocycles. The van der Waals surface area contributed by atoms with Gasteiger partial charge in [-0.2, -0.15) is 12.6 Å². The summed E-state index contributed by atoms with van der Waals surface area (Å²) in [5.74, 6) is -0.234. The van der Waals surface area contributed by atoms with Crippen LogP contribution in [0.2, 0.25) is 0 Å². The number of hydrogen-bond acceptors (Lipinski definition) is 3. The number of carbonyl (C=O) groups is 2. The van der Waals surface area contributed by atoms with E-state index in [-0.39, 0.29) is 18.1 Å². The lowest BCUT2D eigenvalue weighted by Crippen LogP contribution is -2.24. The van der Waals surface area contributed by atoms with E-state index < -0.39 is 5.25 Å². The number of amides is 1. The number of thiol groups is 1. The van der Waals surface area contributed by atoms with Crippen LogP contribution in [0.25, 0.3) is 0 Å². The molecule has 1 amide bonds. The first-order valence-corrected chi connectivity index (χ1v) is 3.48. The van der Waals surface area contributed by atoms with E-state index in [9.17, 15) is 9.59 Å². The summed E-state index contributed by atoms with van der Waals surface area (Å²) in [6, 6.07) is 0. The zero-order valence-corrected chi connectivity index (χ0v) is 6.94. The van der Waals surface area contributed by atoms with Gasteiger partial charge in [-0.3, -0.25) is 9.59 Å². The molecule has 0 spiro atoms. The molecule has 0 bridgehead atoms. The standard InChI is InChI=1S/C6H11NO2S/c1-4(8)5(10)3-6(9)7-2/h5,10H,3H2,1-2H3,(H,7,9). The smallest absolute Gasteiger partial charge is 0.221 e. The zero-order chi connectivity index (χ0) is 8.15. The number of ketones is 1. The van der Waals surface area contributed by atoms with Gasteiger partial charge in [0.25, 0.3) is 0 Å². The van der Waals surface area contributed by atoms with Crippen molar-refractivity contribution in [1.29, 1.82) is 0 Å². The van der Waals surface area contributed by atoms with Crippen molar-refractivity contribution in [3.63, 3.8) is 0 Å². The minimum atomic E-state index is -0.458.